The molecule has 2 aromatic carbocycles. The molecule has 6 nitrogen and oxygen atoms in total. The predicted molar refractivity (Wildman–Crippen MR) is 99.4 cm³/mol. The summed E-state index contributed by atoms with van der Waals surface area (Å²) in [7, 11) is 0. The highest BCUT2D eigenvalue weighted by Crippen LogP contribution is 2.17. The lowest BCUT2D eigenvalue weighted by molar-refractivity contribution is 0.0527. The molecule has 0 aliphatic carbocycles. The average molecular weight is 354 g/mol. The molecule has 0 radical (unpaired) electrons. The van der Waals surface area contributed by atoms with Crippen LogP contribution in [0.15, 0.2) is 48.5 Å². The lowest BCUT2D eigenvalue weighted by Crippen LogP contribution is -2.24. The van der Waals surface area contributed by atoms with Crippen molar-refractivity contribution in [3.8, 4) is 0 Å². The molecule has 0 aromatic heterocycles. The standard InChI is InChI=1S/C20H22N2O4/c1-3-13-21-18(23)14-9-11-15(12-10-14)19(24)22-17-8-6-5-7-16(17)20(25)26-4-2/h5-12H,3-4,13H2,1-2H3,(H,21,23)(H,22,24). The molecule has 0 heterocycles. The quantitative estimate of drug-likeness (QED) is 0.748. The number of anilines is 1. The van der Waals surface area contributed by atoms with Crippen LogP contribution in [0.25, 0.3) is 0 Å². The number of ether oxygens (including phenoxy) is 1. The van der Waals surface area contributed by atoms with Crippen molar-refractivity contribution in [2.24, 2.45) is 0 Å². The number of carbonyl (C=O) groups excluding carboxylic acids is 3. The third kappa shape index (κ3) is 4.92. The predicted octanol–water partition coefficient (Wildman–Crippen LogP) is 3.26. The van der Waals surface area contributed by atoms with Crippen LogP contribution < -0.4 is 10.6 Å². The molecule has 2 amide bonds. The van der Waals surface area contributed by atoms with Crippen LogP contribution >= 0.6 is 0 Å². The van der Waals surface area contributed by atoms with E-state index in [4.69, 9.17) is 4.74 Å². The van der Waals surface area contributed by atoms with Gasteiger partial charge in [0, 0.05) is 17.7 Å². The van der Waals surface area contributed by atoms with Crippen LogP contribution in [0.5, 0.6) is 0 Å². The Kier molecular flexibility index (Phi) is 6.91. The zero-order valence-electron chi connectivity index (χ0n) is 14.9. The normalized spacial score (nSPS) is 10.1. The fourth-order valence-corrected chi connectivity index (χ4v) is 2.29. The summed E-state index contributed by atoms with van der Waals surface area (Å²) in [6.07, 6.45) is 0.853. The van der Waals surface area contributed by atoms with Crippen molar-refractivity contribution < 1.29 is 19.1 Å². The lowest BCUT2D eigenvalue weighted by Gasteiger charge is -2.10. The van der Waals surface area contributed by atoms with Gasteiger partial charge in [-0.05, 0) is 49.7 Å². The van der Waals surface area contributed by atoms with Crippen LogP contribution in [0.2, 0.25) is 0 Å². The van der Waals surface area contributed by atoms with Crippen LogP contribution in [0, 0.1) is 0 Å². The van der Waals surface area contributed by atoms with Crippen molar-refractivity contribution in [1.82, 2.24) is 5.32 Å². The van der Waals surface area contributed by atoms with E-state index in [2.05, 4.69) is 10.6 Å². The van der Waals surface area contributed by atoms with Gasteiger partial charge in [0.1, 0.15) is 0 Å². The Hall–Kier alpha value is -3.15. The fraction of sp³-hybridized carbons (Fsp3) is 0.250. The van der Waals surface area contributed by atoms with E-state index in [-0.39, 0.29) is 18.4 Å². The van der Waals surface area contributed by atoms with Gasteiger partial charge < -0.3 is 15.4 Å². The van der Waals surface area contributed by atoms with Gasteiger partial charge in [0.2, 0.25) is 0 Å². The number of hydrogen-bond donors (Lipinski definition) is 2. The lowest BCUT2D eigenvalue weighted by atomic mass is 10.1. The summed E-state index contributed by atoms with van der Waals surface area (Å²) in [6.45, 7) is 4.55. The highest BCUT2D eigenvalue weighted by atomic mass is 16.5. The number of benzene rings is 2. The van der Waals surface area contributed by atoms with Crippen molar-refractivity contribution in [1.29, 1.82) is 0 Å². The van der Waals surface area contributed by atoms with E-state index in [9.17, 15) is 14.4 Å². The molecule has 2 rings (SSSR count). The van der Waals surface area contributed by atoms with Crippen LogP contribution in [0.3, 0.4) is 0 Å². The van der Waals surface area contributed by atoms with E-state index in [0.29, 0.717) is 28.9 Å². The van der Waals surface area contributed by atoms with Crippen molar-refractivity contribution in [2.45, 2.75) is 20.3 Å². The number of nitrogens with one attached hydrogen (secondary N) is 2. The zero-order valence-corrected chi connectivity index (χ0v) is 14.9. The van der Waals surface area contributed by atoms with Crippen LogP contribution in [0.4, 0.5) is 5.69 Å². The largest absolute Gasteiger partial charge is 0.462 e. The van der Waals surface area contributed by atoms with Gasteiger partial charge in [0.25, 0.3) is 11.8 Å². The van der Waals surface area contributed by atoms with Gasteiger partial charge in [-0.3, -0.25) is 9.59 Å². The second-order valence-electron chi connectivity index (χ2n) is 5.55. The van der Waals surface area contributed by atoms with Gasteiger partial charge in [-0.1, -0.05) is 19.1 Å². The molecule has 0 saturated carbocycles. The number of carbonyl (C=O) groups is 3. The van der Waals surface area contributed by atoms with Crippen molar-refractivity contribution in [3.63, 3.8) is 0 Å². The minimum absolute atomic E-state index is 0.175. The first-order valence-corrected chi connectivity index (χ1v) is 8.52. The Bertz CT molecular complexity index is 785. The van der Waals surface area contributed by atoms with Crippen LogP contribution in [-0.4, -0.2) is 30.9 Å². The Morgan fingerprint density at radius 3 is 2.12 bits per heavy atom. The van der Waals surface area contributed by atoms with Crippen molar-refractivity contribution in [3.05, 3.63) is 65.2 Å². The second kappa shape index (κ2) is 9.36. The van der Waals surface area contributed by atoms with Gasteiger partial charge in [0.15, 0.2) is 0 Å². The number of esters is 1. The first-order valence-electron chi connectivity index (χ1n) is 8.52. The van der Waals surface area contributed by atoms with E-state index in [1.54, 1.807) is 55.5 Å². The number of hydrogen-bond acceptors (Lipinski definition) is 4. The molecule has 0 saturated heterocycles. The van der Waals surface area contributed by atoms with Gasteiger partial charge in [-0.15, -0.1) is 0 Å². The molecule has 0 atom stereocenters. The van der Waals surface area contributed by atoms with E-state index in [1.807, 2.05) is 6.92 Å². The zero-order chi connectivity index (χ0) is 18.9. The number of rotatable bonds is 7. The summed E-state index contributed by atoms with van der Waals surface area (Å²) < 4.78 is 5.00. The maximum Gasteiger partial charge on any atom is 0.340 e. The first kappa shape index (κ1) is 19.2. The first-order chi connectivity index (χ1) is 12.6. The van der Waals surface area contributed by atoms with E-state index in [1.165, 1.54) is 0 Å². The molecule has 136 valence electrons. The van der Waals surface area contributed by atoms with Crippen molar-refractivity contribution in [2.75, 3.05) is 18.5 Å². The van der Waals surface area contributed by atoms with Crippen molar-refractivity contribution >= 4 is 23.5 Å². The maximum absolute atomic E-state index is 12.4. The SMILES string of the molecule is CCCNC(=O)c1ccc(C(=O)Nc2ccccc2C(=O)OCC)cc1. The topological polar surface area (TPSA) is 84.5 Å². The molecule has 0 aliphatic rings. The summed E-state index contributed by atoms with van der Waals surface area (Å²) in [6, 6.07) is 13.0. The molecule has 0 bridgehead atoms. The highest BCUT2D eigenvalue weighted by molar-refractivity contribution is 6.08. The fourth-order valence-electron chi connectivity index (χ4n) is 2.29. The number of amides is 2. The van der Waals surface area contributed by atoms with Crippen LogP contribution in [-0.2, 0) is 4.74 Å². The molecule has 2 N–H and O–H groups in total. The van der Waals surface area contributed by atoms with Gasteiger partial charge in [-0.2, -0.15) is 0 Å². The Balaban J connectivity index is 2.11. The summed E-state index contributed by atoms with van der Waals surface area (Å²) >= 11 is 0. The molecule has 0 aliphatic heterocycles. The summed E-state index contributed by atoms with van der Waals surface area (Å²) in [5, 5.41) is 5.49. The second-order valence-corrected chi connectivity index (χ2v) is 5.55. The van der Waals surface area contributed by atoms with Gasteiger partial charge in [-0.25, -0.2) is 4.79 Å². The monoisotopic (exact) mass is 354 g/mol. The Morgan fingerprint density at radius 1 is 0.885 bits per heavy atom. The highest BCUT2D eigenvalue weighted by Gasteiger charge is 2.15. The number of para-hydroxylation sites is 1. The van der Waals surface area contributed by atoms with Gasteiger partial charge >= 0.3 is 5.97 Å². The van der Waals surface area contributed by atoms with Crippen LogP contribution in [0.1, 0.15) is 51.3 Å². The molecule has 2 aromatic rings. The van der Waals surface area contributed by atoms with E-state index < -0.39 is 5.97 Å². The van der Waals surface area contributed by atoms with Gasteiger partial charge in [0.05, 0.1) is 17.9 Å². The Morgan fingerprint density at radius 2 is 1.50 bits per heavy atom. The molecular weight excluding hydrogens is 332 g/mol. The molecule has 26 heavy (non-hydrogen) atoms. The minimum atomic E-state index is -0.494. The molecule has 0 spiro atoms. The molecule has 6 heteroatoms. The summed E-state index contributed by atoms with van der Waals surface area (Å²) in [4.78, 5) is 36.3. The minimum Gasteiger partial charge on any atom is -0.462 e. The van der Waals surface area contributed by atoms with E-state index in [0.717, 1.165) is 6.42 Å². The smallest absolute Gasteiger partial charge is 0.340 e. The Labute approximate surface area is 152 Å². The van der Waals surface area contributed by atoms with E-state index >= 15 is 0 Å². The summed E-state index contributed by atoms with van der Waals surface area (Å²) in [5.74, 6) is -1.04. The third-order valence-electron chi connectivity index (χ3n) is 3.62. The molecule has 0 fully saturated rings. The summed E-state index contributed by atoms with van der Waals surface area (Å²) in [5.41, 5.74) is 1.54. The third-order valence-corrected chi connectivity index (χ3v) is 3.62. The molecular formula is C20H22N2O4. The average Bonchev–Trinajstić information content (AvgIpc) is 2.66. The maximum atomic E-state index is 12.4. The molecule has 0 unspecified atom stereocenters.